The van der Waals surface area contributed by atoms with Gasteiger partial charge >= 0.3 is 0 Å². The number of likely N-dealkylation sites (N-methyl/N-ethyl adjacent to an activating group) is 1. The zero-order valence-electron chi connectivity index (χ0n) is 11.6. The van der Waals surface area contributed by atoms with E-state index in [0.717, 1.165) is 0 Å². The molecular formula is C14H22ClFN2O. The van der Waals surface area contributed by atoms with Crippen LogP contribution in [-0.4, -0.2) is 30.4 Å². The molecule has 0 saturated heterocycles. The van der Waals surface area contributed by atoms with Gasteiger partial charge in [0.2, 0.25) is 5.91 Å². The lowest BCUT2D eigenvalue weighted by Crippen LogP contribution is -2.42. The number of carbonyl (C=O) groups is 1. The highest BCUT2D eigenvalue weighted by molar-refractivity contribution is 5.85. The van der Waals surface area contributed by atoms with Gasteiger partial charge in [-0.1, -0.05) is 25.1 Å². The fourth-order valence-electron chi connectivity index (χ4n) is 1.80. The Kier molecular flexibility index (Phi) is 7.64. The standard InChI is InChI=1S/C14H21FN2O.ClH/c1-10(14(18)17(3)11(2)9-16)8-12-6-4-5-7-13(12)15;/h4-7,10-11H,8-9,16H2,1-3H3;1H. The van der Waals surface area contributed by atoms with E-state index in [-0.39, 0.29) is 36.1 Å². The van der Waals surface area contributed by atoms with Gasteiger partial charge in [-0.05, 0) is 25.0 Å². The second-order valence-corrected chi connectivity index (χ2v) is 4.73. The van der Waals surface area contributed by atoms with Crippen LogP contribution >= 0.6 is 12.4 Å². The lowest BCUT2D eigenvalue weighted by molar-refractivity contribution is -0.135. The molecule has 0 radical (unpaired) electrons. The van der Waals surface area contributed by atoms with Crippen LogP contribution in [0, 0.1) is 11.7 Å². The molecule has 0 aromatic heterocycles. The first-order chi connectivity index (χ1) is 8.47. The van der Waals surface area contributed by atoms with Crippen LogP contribution in [0.2, 0.25) is 0 Å². The summed E-state index contributed by atoms with van der Waals surface area (Å²) in [5.74, 6) is -0.510. The van der Waals surface area contributed by atoms with E-state index in [9.17, 15) is 9.18 Å². The van der Waals surface area contributed by atoms with Gasteiger partial charge in [-0.2, -0.15) is 0 Å². The van der Waals surface area contributed by atoms with Gasteiger partial charge < -0.3 is 10.6 Å². The average molecular weight is 289 g/mol. The highest BCUT2D eigenvalue weighted by atomic mass is 35.5. The SMILES string of the molecule is CC(Cc1ccccc1F)C(=O)N(C)C(C)CN.Cl. The highest BCUT2D eigenvalue weighted by Gasteiger charge is 2.21. The Morgan fingerprint density at radius 3 is 2.47 bits per heavy atom. The van der Waals surface area contributed by atoms with Crippen molar-refractivity contribution in [3.05, 3.63) is 35.6 Å². The maximum atomic E-state index is 13.5. The molecule has 19 heavy (non-hydrogen) atoms. The first-order valence-electron chi connectivity index (χ1n) is 6.17. The third-order valence-corrected chi connectivity index (χ3v) is 3.26. The van der Waals surface area contributed by atoms with Crippen molar-refractivity contribution in [3.63, 3.8) is 0 Å². The third kappa shape index (κ3) is 4.80. The normalized spacial score (nSPS) is 13.3. The van der Waals surface area contributed by atoms with E-state index >= 15 is 0 Å². The van der Waals surface area contributed by atoms with Crippen LogP contribution in [0.5, 0.6) is 0 Å². The van der Waals surface area contributed by atoms with Crippen molar-refractivity contribution in [2.75, 3.05) is 13.6 Å². The van der Waals surface area contributed by atoms with Crippen molar-refractivity contribution in [1.29, 1.82) is 0 Å². The number of halogens is 2. The molecule has 0 saturated carbocycles. The van der Waals surface area contributed by atoms with E-state index < -0.39 is 0 Å². The summed E-state index contributed by atoms with van der Waals surface area (Å²) in [5, 5.41) is 0. The lowest BCUT2D eigenvalue weighted by Gasteiger charge is -2.26. The molecule has 2 N–H and O–H groups in total. The molecular weight excluding hydrogens is 267 g/mol. The molecule has 0 aliphatic heterocycles. The van der Waals surface area contributed by atoms with Crippen LogP contribution in [0.15, 0.2) is 24.3 Å². The van der Waals surface area contributed by atoms with E-state index in [4.69, 9.17) is 5.73 Å². The van der Waals surface area contributed by atoms with Gasteiger partial charge in [-0.15, -0.1) is 12.4 Å². The molecule has 1 aromatic rings. The molecule has 0 bridgehead atoms. The predicted molar refractivity (Wildman–Crippen MR) is 77.8 cm³/mol. The molecule has 108 valence electrons. The minimum atomic E-state index is -0.258. The number of rotatable bonds is 5. The van der Waals surface area contributed by atoms with Crippen LogP contribution in [0.3, 0.4) is 0 Å². The predicted octanol–water partition coefficient (Wildman–Crippen LogP) is 2.23. The Morgan fingerprint density at radius 2 is 1.95 bits per heavy atom. The average Bonchev–Trinajstić information content (AvgIpc) is 2.38. The lowest BCUT2D eigenvalue weighted by atomic mass is 9.99. The molecule has 0 spiro atoms. The summed E-state index contributed by atoms with van der Waals surface area (Å²) in [6, 6.07) is 6.56. The topological polar surface area (TPSA) is 46.3 Å². The Hall–Kier alpha value is -1.13. The van der Waals surface area contributed by atoms with Gasteiger partial charge in [0.25, 0.3) is 0 Å². The highest BCUT2D eigenvalue weighted by Crippen LogP contribution is 2.15. The van der Waals surface area contributed by atoms with Crippen molar-refractivity contribution < 1.29 is 9.18 Å². The van der Waals surface area contributed by atoms with E-state index in [2.05, 4.69) is 0 Å². The summed E-state index contributed by atoms with van der Waals surface area (Å²) in [6.45, 7) is 4.14. The minimum absolute atomic E-state index is 0. The fraction of sp³-hybridized carbons (Fsp3) is 0.500. The Bertz CT molecular complexity index is 414. The number of nitrogens with zero attached hydrogens (tertiary/aromatic N) is 1. The second kappa shape index (κ2) is 8.12. The summed E-state index contributed by atoms with van der Waals surface area (Å²) < 4.78 is 13.5. The number of nitrogens with two attached hydrogens (primary N) is 1. The maximum absolute atomic E-state index is 13.5. The molecule has 0 aliphatic carbocycles. The molecule has 0 aliphatic rings. The molecule has 3 nitrogen and oxygen atoms in total. The minimum Gasteiger partial charge on any atom is -0.342 e. The van der Waals surface area contributed by atoms with Gasteiger partial charge in [0.1, 0.15) is 5.82 Å². The van der Waals surface area contributed by atoms with Crippen LogP contribution in [0.1, 0.15) is 19.4 Å². The number of hydrogen-bond acceptors (Lipinski definition) is 2. The number of hydrogen-bond donors (Lipinski definition) is 1. The van der Waals surface area contributed by atoms with Gasteiger partial charge in [0, 0.05) is 25.6 Å². The summed E-state index contributed by atoms with van der Waals surface area (Å²) in [6.07, 6.45) is 0.410. The zero-order valence-corrected chi connectivity index (χ0v) is 12.4. The van der Waals surface area contributed by atoms with Crippen molar-refractivity contribution in [1.82, 2.24) is 4.90 Å². The molecule has 2 atom stereocenters. The molecule has 2 unspecified atom stereocenters. The van der Waals surface area contributed by atoms with Crippen LogP contribution in [0.25, 0.3) is 0 Å². The first-order valence-corrected chi connectivity index (χ1v) is 6.17. The summed E-state index contributed by atoms with van der Waals surface area (Å²) in [7, 11) is 1.73. The molecule has 0 heterocycles. The Balaban J connectivity index is 0.00000324. The molecule has 1 amide bonds. The smallest absolute Gasteiger partial charge is 0.225 e. The van der Waals surface area contributed by atoms with Crippen LogP contribution in [-0.2, 0) is 11.2 Å². The van der Waals surface area contributed by atoms with E-state index in [1.807, 2.05) is 13.8 Å². The Labute approximate surface area is 120 Å². The number of amides is 1. The number of carbonyl (C=O) groups excluding carboxylic acids is 1. The maximum Gasteiger partial charge on any atom is 0.225 e. The van der Waals surface area contributed by atoms with Gasteiger partial charge in [0.15, 0.2) is 0 Å². The van der Waals surface area contributed by atoms with Gasteiger partial charge in [-0.25, -0.2) is 4.39 Å². The van der Waals surface area contributed by atoms with E-state index in [0.29, 0.717) is 18.5 Å². The first kappa shape index (κ1) is 17.9. The quantitative estimate of drug-likeness (QED) is 0.903. The van der Waals surface area contributed by atoms with Crippen molar-refractivity contribution >= 4 is 18.3 Å². The second-order valence-electron chi connectivity index (χ2n) is 4.73. The Morgan fingerprint density at radius 1 is 1.37 bits per heavy atom. The molecule has 1 aromatic carbocycles. The van der Waals surface area contributed by atoms with Gasteiger partial charge in [0.05, 0.1) is 0 Å². The van der Waals surface area contributed by atoms with Crippen LogP contribution in [0.4, 0.5) is 4.39 Å². The van der Waals surface area contributed by atoms with Crippen LogP contribution < -0.4 is 5.73 Å². The summed E-state index contributed by atoms with van der Waals surface area (Å²) in [4.78, 5) is 13.7. The zero-order chi connectivity index (χ0) is 13.7. The van der Waals surface area contributed by atoms with Crippen molar-refractivity contribution in [2.24, 2.45) is 11.7 Å². The monoisotopic (exact) mass is 288 g/mol. The molecule has 0 fully saturated rings. The molecule has 5 heteroatoms. The number of benzene rings is 1. The third-order valence-electron chi connectivity index (χ3n) is 3.26. The molecule has 1 rings (SSSR count). The van der Waals surface area contributed by atoms with Crippen molar-refractivity contribution in [3.8, 4) is 0 Å². The fourth-order valence-corrected chi connectivity index (χ4v) is 1.80. The largest absolute Gasteiger partial charge is 0.342 e. The van der Waals surface area contributed by atoms with E-state index in [1.165, 1.54) is 6.07 Å². The summed E-state index contributed by atoms with van der Waals surface area (Å²) in [5.41, 5.74) is 6.11. The summed E-state index contributed by atoms with van der Waals surface area (Å²) >= 11 is 0. The van der Waals surface area contributed by atoms with Gasteiger partial charge in [-0.3, -0.25) is 4.79 Å². The van der Waals surface area contributed by atoms with Crippen molar-refractivity contribution in [2.45, 2.75) is 26.3 Å². The van der Waals surface area contributed by atoms with E-state index in [1.54, 1.807) is 30.1 Å².